The molecule has 1 saturated heterocycles. The van der Waals surface area contributed by atoms with Crippen LogP contribution >= 0.6 is 0 Å². The van der Waals surface area contributed by atoms with Crippen molar-refractivity contribution in [2.45, 2.75) is 31.8 Å². The van der Waals surface area contributed by atoms with Crippen LogP contribution in [0.25, 0.3) is 0 Å². The molecule has 5 nitrogen and oxygen atoms in total. The van der Waals surface area contributed by atoms with Gasteiger partial charge in [-0.2, -0.15) is 0 Å². The number of amides is 1. The Balaban J connectivity index is 1.82. The van der Waals surface area contributed by atoms with Gasteiger partial charge in [-0.3, -0.25) is 4.79 Å². The second-order valence-corrected chi connectivity index (χ2v) is 7.08. The first-order valence-electron chi connectivity index (χ1n) is 9.13. The van der Waals surface area contributed by atoms with E-state index in [0.717, 1.165) is 32.4 Å². The summed E-state index contributed by atoms with van der Waals surface area (Å²) in [6.07, 6.45) is 4.82. The largest absolute Gasteiger partial charge is 0.481 e. The first-order chi connectivity index (χ1) is 12.6. The molecule has 26 heavy (non-hydrogen) atoms. The van der Waals surface area contributed by atoms with Gasteiger partial charge < -0.3 is 14.5 Å². The van der Waals surface area contributed by atoms with E-state index in [1.54, 1.807) is 25.4 Å². The molecule has 0 unspecified atom stereocenters. The standard InChI is InChI=1S/C21H27N3O2/c1-23(2)15-16-7-9-17(10-8-16)19-6-4-5-13-24(19)21(25)18-11-12-22-20(14-18)26-3/h7-12,14,19H,4-6,13,15H2,1-3H3/t19-/m0/s1. The van der Waals surface area contributed by atoms with E-state index < -0.39 is 0 Å². The minimum Gasteiger partial charge on any atom is -0.481 e. The second kappa shape index (κ2) is 8.32. The summed E-state index contributed by atoms with van der Waals surface area (Å²) in [5, 5.41) is 0. The molecule has 0 saturated carbocycles. The number of benzene rings is 1. The third-order valence-electron chi connectivity index (χ3n) is 4.82. The highest BCUT2D eigenvalue weighted by atomic mass is 16.5. The van der Waals surface area contributed by atoms with Crippen LogP contribution in [-0.2, 0) is 6.54 Å². The predicted molar refractivity (Wildman–Crippen MR) is 102 cm³/mol. The van der Waals surface area contributed by atoms with Gasteiger partial charge in [-0.05, 0) is 50.6 Å². The van der Waals surface area contributed by atoms with Gasteiger partial charge in [-0.1, -0.05) is 24.3 Å². The molecule has 1 amide bonds. The van der Waals surface area contributed by atoms with Crippen molar-refractivity contribution in [3.05, 3.63) is 59.3 Å². The molecule has 5 heteroatoms. The lowest BCUT2D eigenvalue weighted by atomic mass is 9.94. The van der Waals surface area contributed by atoms with Crippen LogP contribution in [0.3, 0.4) is 0 Å². The maximum Gasteiger partial charge on any atom is 0.254 e. The summed E-state index contributed by atoms with van der Waals surface area (Å²) in [5.41, 5.74) is 3.13. The monoisotopic (exact) mass is 353 g/mol. The van der Waals surface area contributed by atoms with Crippen LogP contribution in [0.4, 0.5) is 0 Å². The molecule has 1 aromatic carbocycles. The SMILES string of the molecule is COc1cc(C(=O)N2CCCC[C@H]2c2ccc(CN(C)C)cc2)ccn1. The van der Waals surface area contributed by atoms with E-state index in [9.17, 15) is 4.79 Å². The third kappa shape index (κ3) is 4.22. The molecule has 2 heterocycles. The lowest BCUT2D eigenvalue weighted by Crippen LogP contribution is -2.38. The van der Waals surface area contributed by atoms with Crippen LogP contribution < -0.4 is 4.74 Å². The molecule has 0 radical (unpaired) electrons. The summed E-state index contributed by atoms with van der Waals surface area (Å²) in [4.78, 5) is 21.4. The quantitative estimate of drug-likeness (QED) is 0.825. The molecule has 1 aromatic heterocycles. The molecular weight excluding hydrogens is 326 g/mol. The summed E-state index contributed by atoms with van der Waals surface area (Å²) in [6.45, 7) is 1.71. The lowest BCUT2D eigenvalue weighted by molar-refractivity contribution is 0.0611. The minimum absolute atomic E-state index is 0.0489. The van der Waals surface area contributed by atoms with E-state index >= 15 is 0 Å². The molecule has 1 atom stereocenters. The number of nitrogens with zero attached hydrogens (tertiary/aromatic N) is 3. The first kappa shape index (κ1) is 18.4. The molecule has 0 N–H and O–H groups in total. The number of pyridine rings is 1. The van der Waals surface area contributed by atoms with Crippen LogP contribution in [0.5, 0.6) is 5.88 Å². The molecule has 1 fully saturated rings. The van der Waals surface area contributed by atoms with Crippen LogP contribution in [0.15, 0.2) is 42.6 Å². The minimum atomic E-state index is 0.0489. The van der Waals surface area contributed by atoms with Crippen LogP contribution in [0, 0.1) is 0 Å². The number of carbonyl (C=O) groups excluding carboxylic acids is 1. The Morgan fingerprint density at radius 3 is 2.69 bits per heavy atom. The summed E-state index contributed by atoms with van der Waals surface area (Å²) >= 11 is 0. The van der Waals surface area contributed by atoms with Crippen molar-refractivity contribution in [2.24, 2.45) is 0 Å². The smallest absolute Gasteiger partial charge is 0.254 e. The number of hydrogen-bond acceptors (Lipinski definition) is 4. The number of carbonyl (C=O) groups is 1. The van der Waals surface area contributed by atoms with Crippen LogP contribution in [0.1, 0.15) is 46.8 Å². The topological polar surface area (TPSA) is 45.7 Å². The Morgan fingerprint density at radius 2 is 2.00 bits per heavy atom. The van der Waals surface area contributed by atoms with Gasteiger partial charge in [0.05, 0.1) is 13.2 Å². The molecule has 0 spiro atoms. The van der Waals surface area contributed by atoms with E-state index in [1.165, 1.54) is 11.1 Å². The number of likely N-dealkylation sites (tertiary alicyclic amines) is 1. The van der Waals surface area contributed by atoms with Crippen LogP contribution in [-0.4, -0.2) is 48.4 Å². The van der Waals surface area contributed by atoms with Crippen LogP contribution in [0.2, 0.25) is 0 Å². The Hall–Kier alpha value is -2.40. The zero-order valence-electron chi connectivity index (χ0n) is 15.8. The van der Waals surface area contributed by atoms with E-state index in [2.05, 4.69) is 48.2 Å². The molecule has 1 aliphatic rings. The third-order valence-corrected chi connectivity index (χ3v) is 4.82. The maximum atomic E-state index is 13.1. The lowest BCUT2D eigenvalue weighted by Gasteiger charge is -2.36. The van der Waals surface area contributed by atoms with E-state index in [4.69, 9.17) is 4.74 Å². The normalized spacial score (nSPS) is 17.4. The average molecular weight is 353 g/mol. The number of rotatable bonds is 5. The molecule has 3 rings (SSSR count). The van der Waals surface area contributed by atoms with Crippen molar-refractivity contribution in [1.82, 2.24) is 14.8 Å². The van der Waals surface area contributed by atoms with Gasteiger partial charge in [0.2, 0.25) is 5.88 Å². The summed E-state index contributed by atoms with van der Waals surface area (Å²) in [5.74, 6) is 0.519. The summed E-state index contributed by atoms with van der Waals surface area (Å²) < 4.78 is 5.16. The number of hydrogen-bond donors (Lipinski definition) is 0. The fourth-order valence-corrected chi connectivity index (χ4v) is 3.55. The van der Waals surface area contributed by atoms with Crippen molar-refractivity contribution in [3.63, 3.8) is 0 Å². The van der Waals surface area contributed by atoms with Crippen molar-refractivity contribution in [2.75, 3.05) is 27.7 Å². The summed E-state index contributed by atoms with van der Waals surface area (Å²) in [6, 6.07) is 12.3. The molecule has 138 valence electrons. The van der Waals surface area contributed by atoms with Crippen molar-refractivity contribution < 1.29 is 9.53 Å². The van der Waals surface area contributed by atoms with E-state index in [1.807, 2.05) is 4.90 Å². The highest BCUT2D eigenvalue weighted by Crippen LogP contribution is 2.32. The number of aromatic nitrogens is 1. The number of piperidine rings is 1. The van der Waals surface area contributed by atoms with Crippen molar-refractivity contribution in [1.29, 1.82) is 0 Å². The molecule has 1 aliphatic heterocycles. The number of ether oxygens (including phenoxy) is 1. The zero-order valence-corrected chi connectivity index (χ0v) is 15.8. The molecule has 0 bridgehead atoms. The van der Waals surface area contributed by atoms with Crippen molar-refractivity contribution in [3.8, 4) is 5.88 Å². The average Bonchev–Trinajstić information content (AvgIpc) is 2.67. The highest BCUT2D eigenvalue weighted by Gasteiger charge is 2.28. The molecular formula is C21H27N3O2. The molecule has 0 aliphatic carbocycles. The fraction of sp³-hybridized carbons (Fsp3) is 0.429. The van der Waals surface area contributed by atoms with E-state index in [-0.39, 0.29) is 11.9 Å². The predicted octanol–water partition coefficient (Wildman–Crippen LogP) is 3.52. The Morgan fingerprint density at radius 1 is 1.23 bits per heavy atom. The summed E-state index contributed by atoms with van der Waals surface area (Å²) in [7, 11) is 5.70. The van der Waals surface area contributed by atoms with Gasteiger partial charge in [0.25, 0.3) is 5.91 Å². The Labute approximate surface area is 155 Å². The van der Waals surface area contributed by atoms with Gasteiger partial charge in [0.15, 0.2) is 0 Å². The fourth-order valence-electron chi connectivity index (χ4n) is 3.55. The van der Waals surface area contributed by atoms with Gasteiger partial charge in [-0.25, -0.2) is 4.98 Å². The highest BCUT2D eigenvalue weighted by molar-refractivity contribution is 5.94. The van der Waals surface area contributed by atoms with Gasteiger partial charge in [-0.15, -0.1) is 0 Å². The van der Waals surface area contributed by atoms with Gasteiger partial charge in [0, 0.05) is 30.9 Å². The van der Waals surface area contributed by atoms with E-state index in [0.29, 0.717) is 11.4 Å². The number of methoxy groups -OCH3 is 1. The first-order valence-corrected chi connectivity index (χ1v) is 9.13. The molecule has 2 aromatic rings. The van der Waals surface area contributed by atoms with Gasteiger partial charge >= 0.3 is 0 Å². The Bertz CT molecular complexity index is 743. The van der Waals surface area contributed by atoms with Crippen molar-refractivity contribution >= 4 is 5.91 Å². The second-order valence-electron chi connectivity index (χ2n) is 7.08. The maximum absolute atomic E-state index is 13.1. The zero-order chi connectivity index (χ0) is 18.5. The Kier molecular flexibility index (Phi) is 5.89. The van der Waals surface area contributed by atoms with Gasteiger partial charge in [0.1, 0.15) is 0 Å².